The molecule has 0 saturated carbocycles. The van der Waals surface area contributed by atoms with Crippen LogP contribution in [0.25, 0.3) is 10.2 Å². The summed E-state index contributed by atoms with van der Waals surface area (Å²) in [6.45, 7) is 11.0. The van der Waals surface area contributed by atoms with Crippen LogP contribution in [0.2, 0.25) is 0 Å². The number of hydrogen-bond donors (Lipinski definition) is 0. The number of fused-ring (bicyclic) bond motifs is 1. The summed E-state index contributed by atoms with van der Waals surface area (Å²) < 4.78 is 6.57. The number of halogens is 1. The standard InChI is InChI=1S/C23H27N3O2S.ClH/c1-16-5-4-6-19(15-16)22(27)26(10-9-25-11-13-28-14-12-25)23-24-21-18(3)17(2)7-8-20(21)29-23;/h4-8,15H,9-14H2,1-3H3;1H. The van der Waals surface area contributed by atoms with Gasteiger partial charge in [-0.05, 0) is 50.1 Å². The number of anilines is 1. The second-order valence-electron chi connectivity index (χ2n) is 7.63. The lowest BCUT2D eigenvalue weighted by Crippen LogP contribution is -2.43. The van der Waals surface area contributed by atoms with E-state index in [1.165, 1.54) is 11.1 Å². The summed E-state index contributed by atoms with van der Waals surface area (Å²) in [4.78, 5) is 22.5. The van der Waals surface area contributed by atoms with Crippen LogP contribution in [0.4, 0.5) is 5.13 Å². The minimum Gasteiger partial charge on any atom is -0.379 e. The molecule has 0 spiro atoms. The molecule has 1 aliphatic rings. The smallest absolute Gasteiger partial charge is 0.260 e. The van der Waals surface area contributed by atoms with Crippen LogP contribution in [0, 0.1) is 20.8 Å². The molecule has 2 heterocycles. The average molecular weight is 446 g/mol. The molecule has 3 aromatic rings. The highest BCUT2D eigenvalue weighted by atomic mass is 35.5. The quantitative estimate of drug-likeness (QED) is 0.574. The molecule has 30 heavy (non-hydrogen) atoms. The first-order valence-electron chi connectivity index (χ1n) is 10.1. The zero-order valence-electron chi connectivity index (χ0n) is 17.7. The summed E-state index contributed by atoms with van der Waals surface area (Å²) in [6.07, 6.45) is 0. The number of amides is 1. The summed E-state index contributed by atoms with van der Waals surface area (Å²) in [7, 11) is 0. The summed E-state index contributed by atoms with van der Waals surface area (Å²) in [5, 5.41) is 0.772. The average Bonchev–Trinajstić information content (AvgIpc) is 3.16. The highest BCUT2D eigenvalue weighted by Crippen LogP contribution is 2.32. The molecule has 1 fully saturated rings. The fourth-order valence-corrected chi connectivity index (χ4v) is 4.66. The van der Waals surface area contributed by atoms with Crippen molar-refractivity contribution in [3.63, 3.8) is 0 Å². The minimum absolute atomic E-state index is 0. The van der Waals surface area contributed by atoms with Gasteiger partial charge in [0, 0.05) is 31.7 Å². The Balaban J connectivity index is 0.00000256. The molecule has 1 aromatic heterocycles. The van der Waals surface area contributed by atoms with Crippen molar-refractivity contribution in [3.8, 4) is 0 Å². The van der Waals surface area contributed by atoms with Crippen molar-refractivity contribution in [2.24, 2.45) is 0 Å². The Kier molecular flexibility index (Phi) is 7.47. The molecule has 2 aromatic carbocycles. The van der Waals surface area contributed by atoms with E-state index in [4.69, 9.17) is 9.72 Å². The summed E-state index contributed by atoms with van der Waals surface area (Å²) in [5.74, 6) is 0.00962. The Morgan fingerprint density at radius 1 is 1.17 bits per heavy atom. The van der Waals surface area contributed by atoms with Gasteiger partial charge >= 0.3 is 0 Å². The highest BCUT2D eigenvalue weighted by Gasteiger charge is 2.23. The molecule has 7 heteroatoms. The zero-order valence-corrected chi connectivity index (χ0v) is 19.3. The molecule has 4 rings (SSSR count). The van der Waals surface area contributed by atoms with Gasteiger partial charge in [-0.1, -0.05) is 35.1 Å². The van der Waals surface area contributed by atoms with Gasteiger partial charge in [-0.3, -0.25) is 14.6 Å². The van der Waals surface area contributed by atoms with E-state index in [0.29, 0.717) is 12.1 Å². The lowest BCUT2D eigenvalue weighted by atomic mass is 10.1. The molecular weight excluding hydrogens is 418 g/mol. The van der Waals surface area contributed by atoms with E-state index >= 15 is 0 Å². The molecule has 0 aliphatic carbocycles. The van der Waals surface area contributed by atoms with Crippen molar-refractivity contribution < 1.29 is 9.53 Å². The molecule has 1 amide bonds. The van der Waals surface area contributed by atoms with E-state index in [1.807, 2.05) is 36.1 Å². The SMILES string of the molecule is Cc1cccc(C(=O)N(CCN2CCOCC2)c2nc3c(C)c(C)ccc3s2)c1.Cl. The van der Waals surface area contributed by atoms with E-state index < -0.39 is 0 Å². The summed E-state index contributed by atoms with van der Waals surface area (Å²) in [5.41, 5.74) is 5.19. The summed E-state index contributed by atoms with van der Waals surface area (Å²) >= 11 is 1.59. The van der Waals surface area contributed by atoms with Crippen LogP contribution in [0.3, 0.4) is 0 Å². The van der Waals surface area contributed by atoms with Crippen molar-refractivity contribution in [2.75, 3.05) is 44.3 Å². The second-order valence-corrected chi connectivity index (χ2v) is 8.64. The van der Waals surface area contributed by atoms with Gasteiger partial charge in [0.1, 0.15) is 0 Å². The minimum atomic E-state index is 0. The number of carbonyl (C=O) groups excluding carboxylic acids is 1. The van der Waals surface area contributed by atoms with E-state index in [9.17, 15) is 4.79 Å². The number of thiazole rings is 1. The zero-order chi connectivity index (χ0) is 20.4. The van der Waals surface area contributed by atoms with Crippen LogP contribution >= 0.6 is 23.7 Å². The van der Waals surface area contributed by atoms with Gasteiger partial charge in [-0.15, -0.1) is 12.4 Å². The third-order valence-electron chi connectivity index (χ3n) is 5.56. The van der Waals surface area contributed by atoms with Crippen molar-refractivity contribution >= 4 is 45.0 Å². The molecule has 160 valence electrons. The first kappa shape index (κ1) is 22.7. The normalized spacial score (nSPS) is 14.5. The van der Waals surface area contributed by atoms with Crippen LogP contribution in [0.5, 0.6) is 0 Å². The number of carbonyl (C=O) groups is 1. The maximum atomic E-state index is 13.4. The Labute approximate surface area is 188 Å². The fourth-order valence-electron chi connectivity index (χ4n) is 3.61. The number of benzene rings is 2. The fraction of sp³-hybridized carbons (Fsp3) is 0.391. The van der Waals surface area contributed by atoms with Crippen LogP contribution in [-0.4, -0.2) is 55.2 Å². The lowest BCUT2D eigenvalue weighted by molar-refractivity contribution is 0.0391. The Hall–Kier alpha value is -1.99. The van der Waals surface area contributed by atoms with Gasteiger partial charge in [-0.2, -0.15) is 0 Å². The van der Waals surface area contributed by atoms with Gasteiger partial charge in [-0.25, -0.2) is 4.98 Å². The molecular formula is C23H28ClN3O2S. The molecule has 0 bridgehead atoms. The molecule has 0 radical (unpaired) electrons. The monoisotopic (exact) mass is 445 g/mol. The van der Waals surface area contributed by atoms with Crippen molar-refractivity contribution in [1.82, 2.24) is 9.88 Å². The third-order valence-corrected chi connectivity index (χ3v) is 6.60. The predicted molar refractivity (Wildman–Crippen MR) is 126 cm³/mol. The van der Waals surface area contributed by atoms with Crippen LogP contribution in [0.15, 0.2) is 36.4 Å². The van der Waals surface area contributed by atoms with Crippen LogP contribution in [0.1, 0.15) is 27.0 Å². The molecule has 0 unspecified atom stereocenters. The molecule has 0 atom stereocenters. The van der Waals surface area contributed by atoms with Gasteiger partial charge in [0.05, 0.1) is 23.4 Å². The van der Waals surface area contributed by atoms with E-state index in [1.54, 1.807) is 11.3 Å². The van der Waals surface area contributed by atoms with Crippen LogP contribution < -0.4 is 4.90 Å². The molecule has 1 aliphatic heterocycles. The summed E-state index contributed by atoms with van der Waals surface area (Å²) in [6, 6.07) is 12.0. The lowest BCUT2D eigenvalue weighted by Gasteiger charge is -2.29. The maximum Gasteiger partial charge on any atom is 0.260 e. The number of hydrogen-bond acceptors (Lipinski definition) is 5. The largest absolute Gasteiger partial charge is 0.379 e. The number of rotatable bonds is 5. The third kappa shape index (κ3) is 4.83. The first-order chi connectivity index (χ1) is 14.0. The van der Waals surface area contributed by atoms with Gasteiger partial charge in [0.25, 0.3) is 5.91 Å². The Bertz CT molecular complexity index is 1030. The van der Waals surface area contributed by atoms with E-state index in [-0.39, 0.29) is 18.3 Å². The van der Waals surface area contributed by atoms with Crippen LogP contribution in [-0.2, 0) is 4.74 Å². The molecule has 5 nitrogen and oxygen atoms in total. The van der Waals surface area contributed by atoms with Gasteiger partial charge in [0.2, 0.25) is 0 Å². The van der Waals surface area contributed by atoms with Gasteiger partial charge < -0.3 is 4.74 Å². The number of aromatic nitrogens is 1. The first-order valence-corrected chi connectivity index (χ1v) is 10.9. The number of nitrogens with zero attached hydrogens (tertiary/aromatic N) is 3. The second kappa shape index (κ2) is 9.88. The van der Waals surface area contributed by atoms with Gasteiger partial charge in [0.15, 0.2) is 5.13 Å². The van der Waals surface area contributed by atoms with Crippen molar-refractivity contribution in [3.05, 3.63) is 58.7 Å². The highest BCUT2D eigenvalue weighted by molar-refractivity contribution is 7.22. The Morgan fingerprint density at radius 2 is 1.93 bits per heavy atom. The number of morpholine rings is 1. The van der Waals surface area contributed by atoms with E-state index in [0.717, 1.165) is 53.8 Å². The Morgan fingerprint density at radius 3 is 2.67 bits per heavy atom. The number of ether oxygens (including phenoxy) is 1. The van der Waals surface area contributed by atoms with E-state index in [2.05, 4.69) is 30.9 Å². The topological polar surface area (TPSA) is 45.7 Å². The predicted octanol–water partition coefficient (Wildman–Crippen LogP) is 4.62. The number of aryl methyl sites for hydroxylation is 3. The molecule has 1 saturated heterocycles. The van der Waals surface area contributed by atoms with Crippen molar-refractivity contribution in [1.29, 1.82) is 0 Å². The maximum absolute atomic E-state index is 13.4. The molecule has 0 N–H and O–H groups in total. The van der Waals surface area contributed by atoms with Crippen molar-refractivity contribution in [2.45, 2.75) is 20.8 Å².